The van der Waals surface area contributed by atoms with Gasteiger partial charge in [0.2, 0.25) is 0 Å². The maximum Gasteiger partial charge on any atom is 0.268 e. The van der Waals surface area contributed by atoms with Gasteiger partial charge in [0, 0.05) is 22.2 Å². The van der Waals surface area contributed by atoms with E-state index in [-0.39, 0.29) is 4.90 Å². The first-order valence-corrected chi connectivity index (χ1v) is 13.8. The average molecular weight is 526 g/mol. The first kappa shape index (κ1) is 23.5. The number of hydrogen-bond donors (Lipinski definition) is 0. The minimum atomic E-state index is -3.78. The number of aromatic nitrogens is 3. The van der Waals surface area contributed by atoms with Crippen LogP contribution in [-0.4, -0.2) is 21.9 Å². The van der Waals surface area contributed by atoms with Crippen molar-refractivity contribution in [2.24, 2.45) is 0 Å². The van der Waals surface area contributed by atoms with E-state index < -0.39 is 10.0 Å². The fourth-order valence-corrected chi connectivity index (χ4v) is 6.37. The maximum absolute atomic E-state index is 13.7. The molecule has 0 amide bonds. The first-order chi connectivity index (χ1) is 17.8. The van der Waals surface area contributed by atoms with Gasteiger partial charge in [0.05, 0.1) is 28.0 Å². The van der Waals surface area contributed by atoms with Crippen LogP contribution in [0.15, 0.2) is 102 Å². The number of fused-ring (bicyclic) bond motifs is 2. The summed E-state index contributed by atoms with van der Waals surface area (Å²) in [5.41, 5.74) is 6.41. The van der Waals surface area contributed by atoms with Gasteiger partial charge in [-0.25, -0.2) is 17.4 Å². The standard InChI is InChI=1S/C30H24ClN3O2S/c1-20-10-13-25(14-11-20)37(35,36)34-19-23(26-8-3-4-9-28(26)34)18-33-29-15-12-21(2)16-27(29)32-30(33)22-6-5-7-24(31)17-22/h3-17,19H,18H2,1-2H3. The summed E-state index contributed by atoms with van der Waals surface area (Å²) < 4.78 is 30.9. The Morgan fingerprint density at radius 2 is 1.57 bits per heavy atom. The molecule has 6 rings (SSSR count). The number of imidazole rings is 1. The second-order valence-electron chi connectivity index (χ2n) is 9.31. The van der Waals surface area contributed by atoms with Crippen LogP contribution in [0.1, 0.15) is 16.7 Å². The van der Waals surface area contributed by atoms with Gasteiger partial charge in [-0.3, -0.25) is 0 Å². The van der Waals surface area contributed by atoms with E-state index in [0.717, 1.165) is 44.5 Å². The van der Waals surface area contributed by atoms with E-state index in [2.05, 4.69) is 22.8 Å². The van der Waals surface area contributed by atoms with Crippen molar-refractivity contribution in [1.29, 1.82) is 0 Å². The normalized spacial score (nSPS) is 12.0. The summed E-state index contributed by atoms with van der Waals surface area (Å²) in [5, 5.41) is 1.51. The highest BCUT2D eigenvalue weighted by molar-refractivity contribution is 7.90. The minimum absolute atomic E-state index is 0.258. The molecule has 37 heavy (non-hydrogen) atoms. The highest BCUT2D eigenvalue weighted by Gasteiger charge is 2.22. The lowest BCUT2D eigenvalue weighted by atomic mass is 10.1. The Hall–Kier alpha value is -3.87. The molecular formula is C30H24ClN3O2S. The van der Waals surface area contributed by atoms with Crippen LogP contribution in [0.4, 0.5) is 0 Å². The lowest BCUT2D eigenvalue weighted by Crippen LogP contribution is -2.12. The van der Waals surface area contributed by atoms with Crippen molar-refractivity contribution in [3.05, 3.63) is 119 Å². The van der Waals surface area contributed by atoms with Gasteiger partial charge in [-0.15, -0.1) is 0 Å². The zero-order valence-corrected chi connectivity index (χ0v) is 22.0. The van der Waals surface area contributed by atoms with E-state index in [1.54, 1.807) is 18.3 Å². The summed E-state index contributed by atoms with van der Waals surface area (Å²) in [5.74, 6) is 0.779. The smallest absolute Gasteiger partial charge is 0.268 e. The molecule has 0 spiro atoms. The molecule has 0 N–H and O–H groups in total. The van der Waals surface area contributed by atoms with Gasteiger partial charge in [-0.05, 0) is 67.4 Å². The van der Waals surface area contributed by atoms with E-state index in [4.69, 9.17) is 16.6 Å². The molecule has 0 atom stereocenters. The zero-order valence-electron chi connectivity index (χ0n) is 20.4. The van der Waals surface area contributed by atoms with Crippen LogP contribution >= 0.6 is 11.6 Å². The highest BCUT2D eigenvalue weighted by Crippen LogP contribution is 2.31. The van der Waals surface area contributed by atoms with Crippen molar-refractivity contribution >= 4 is 43.6 Å². The van der Waals surface area contributed by atoms with Crippen molar-refractivity contribution in [1.82, 2.24) is 13.5 Å². The summed E-state index contributed by atoms with van der Waals surface area (Å²) in [6, 6.07) is 28.4. The highest BCUT2D eigenvalue weighted by atomic mass is 35.5. The van der Waals surface area contributed by atoms with Gasteiger partial charge in [0.15, 0.2) is 0 Å². The van der Waals surface area contributed by atoms with Gasteiger partial charge in [-0.2, -0.15) is 0 Å². The molecule has 0 fully saturated rings. The molecule has 0 bridgehead atoms. The third-order valence-corrected chi connectivity index (χ3v) is 8.58. The van der Waals surface area contributed by atoms with E-state index in [1.165, 1.54) is 3.97 Å². The summed E-state index contributed by atoms with van der Waals surface area (Å²) in [7, 11) is -3.78. The van der Waals surface area contributed by atoms with Crippen LogP contribution < -0.4 is 0 Å². The average Bonchev–Trinajstić information content (AvgIpc) is 3.43. The van der Waals surface area contributed by atoms with Crippen LogP contribution in [0.25, 0.3) is 33.3 Å². The Bertz CT molecular complexity index is 1900. The third kappa shape index (κ3) is 4.12. The van der Waals surface area contributed by atoms with Crippen LogP contribution in [-0.2, 0) is 16.6 Å². The van der Waals surface area contributed by atoms with Gasteiger partial charge in [0.1, 0.15) is 5.82 Å². The quantitative estimate of drug-likeness (QED) is 0.239. The van der Waals surface area contributed by atoms with Crippen LogP contribution in [0.2, 0.25) is 5.02 Å². The number of benzene rings is 4. The van der Waals surface area contributed by atoms with E-state index >= 15 is 0 Å². The molecule has 7 heteroatoms. The summed E-state index contributed by atoms with van der Waals surface area (Å²) in [6.45, 7) is 4.42. The number of hydrogen-bond acceptors (Lipinski definition) is 3. The monoisotopic (exact) mass is 525 g/mol. The Labute approximate surface area is 220 Å². The molecule has 0 aliphatic heterocycles. The second-order valence-corrected chi connectivity index (χ2v) is 11.6. The fourth-order valence-electron chi connectivity index (χ4n) is 4.78. The predicted molar refractivity (Wildman–Crippen MR) is 150 cm³/mol. The van der Waals surface area contributed by atoms with E-state index in [1.807, 2.05) is 74.5 Å². The summed E-state index contributed by atoms with van der Waals surface area (Å²) in [4.78, 5) is 5.21. The molecule has 2 heterocycles. The molecule has 0 saturated carbocycles. The Morgan fingerprint density at radius 3 is 2.35 bits per heavy atom. The number of nitrogens with zero attached hydrogens (tertiary/aromatic N) is 3. The summed E-state index contributed by atoms with van der Waals surface area (Å²) in [6.07, 6.45) is 1.74. The molecule has 2 aromatic heterocycles. The third-order valence-electron chi connectivity index (χ3n) is 6.65. The van der Waals surface area contributed by atoms with Crippen LogP contribution in [0, 0.1) is 13.8 Å². The number of para-hydroxylation sites is 1. The number of aryl methyl sites for hydroxylation is 2. The molecule has 0 aliphatic rings. The molecule has 5 nitrogen and oxygen atoms in total. The Balaban J connectivity index is 1.55. The van der Waals surface area contributed by atoms with Crippen molar-refractivity contribution in [3.63, 3.8) is 0 Å². The maximum atomic E-state index is 13.7. The van der Waals surface area contributed by atoms with Gasteiger partial charge in [-0.1, -0.05) is 65.7 Å². The van der Waals surface area contributed by atoms with Crippen molar-refractivity contribution in [2.75, 3.05) is 0 Å². The Kier molecular flexibility index (Phi) is 5.66. The number of halogens is 1. The molecular weight excluding hydrogens is 502 g/mol. The zero-order chi connectivity index (χ0) is 25.7. The predicted octanol–water partition coefficient (Wildman–Crippen LogP) is 7.21. The lowest BCUT2D eigenvalue weighted by molar-refractivity contribution is 0.589. The van der Waals surface area contributed by atoms with Crippen molar-refractivity contribution in [3.8, 4) is 11.4 Å². The molecule has 0 aliphatic carbocycles. The van der Waals surface area contributed by atoms with Gasteiger partial charge in [0.25, 0.3) is 10.0 Å². The SMILES string of the molecule is Cc1ccc(S(=O)(=O)n2cc(Cn3c(-c4cccc(Cl)c4)nc4cc(C)ccc43)c3ccccc32)cc1. The summed E-state index contributed by atoms with van der Waals surface area (Å²) >= 11 is 6.32. The van der Waals surface area contributed by atoms with Gasteiger partial charge < -0.3 is 4.57 Å². The van der Waals surface area contributed by atoms with Crippen molar-refractivity contribution < 1.29 is 8.42 Å². The van der Waals surface area contributed by atoms with E-state index in [9.17, 15) is 8.42 Å². The minimum Gasteiger partial charge on any atom is -0.319 e. The molecule has 4 aromatic carbocycles. The topological polar surface area (TPSA) is 56.9 Å². The largest absolute Gasteiger partial charge is 0.319 e. The molecule has 0 radical (unpaired) electrons. The lowest BCUT2D eigenvalue weighted by Gasteiger charge is -2.10. The Morgan fingerprint density at radius 1 is 0.811 bits per heavy atom. The fraction of sp³-hybridized carbons (Fsp3) is 0.100. The number of rotatable bonds is 5. The molecule has 6 aromatic rings. The first-order valence-electron chi connectivity index (χ1n) is 12.0. The second kappa shape index (κ2) is 8.91. The van der Waals surface area contributed by atoms with Crippen LogP contribution in [0.3, 0.4) is 0 Å². The van der Waals surface area contributed by atoms with Crippen molar-refractivity contribution in [2.45, 2.75) is 25.3 Å². The van der Waals surface area contributed by atoms with E-state index in [0.29, 0.717) is 17.1 Å². The van der Waals surface area contributed by atoms with Crippen LogP contribution in [0.5, 0.6) is 0 Å². The van der Waals surface area contributed by atoms with Gasteiger partial charge >= 0.3 is 0 Å². The molecule has 0 saturated heterocycles. The molecule has 184 valence electrons. The molecule has 0 unspecified atom stereocenters.